The zero-order valence-corrected chi connectivity index (χ0v) is 13.2. The number of carbonyl (C=O) groups is 1. The lowest BCUT2D eigenvalue weighted by Crippen LogP contribution is -2.43. The summed E-state index contributed by atoms with van der Waals surface area (Å²) < 4.78 is 0. The average molecular weight is 288 g/mol. The molecule has 1 fully saturated rings. The smallest absolute Gasteiger partial charge is 0.228 e. The molecule has 1 aliphatic carbocycles. The molecule has 0 heterocycles. The Balaban J connectivity index is 2.12. The highest BCUT2D eigenvalue weighted by Crippen LogP contribution is 2.30. The average Bonchev–Trinajstić information content (AvgIpc) is 2.95. The van der Waals surface area contributed by atoms with Crippen molar-refractivity contribution in [3.63, 3.8) is 0 Å². The van der Waals surface area contributed by atoms with Crippen molar-refractivity contribution in [3.05, 3.63) is 35.9 Å². The third kappa shape index (κ3) is 3.85. The molecule has 0 spiro atoms. The maximum atomic E-state index is 12.8. The molecule has 4 unspecified atom stereocenters. The summed E-state index contributed by atoms with van der Waals surface area (Å²) in [6, 6.07) is 10.4. The van der Waals surface area contributed by atoms with Crippen molar-refractivity contribution in [2.75, 3.05) is 6.54 Å². The van der Waals surface area contributed by atoms with E-state index in [-0.39, 0.29) is 17.9 Å². The van der Waals surface area contributed by atoms with Gasteiger partial charge in [-0.2, -0.15) is 0 Å². The van der Waals surface area contributed by atoms with Crippen LogP contribution in [0.2, 0.25) is 0 Å². The monoisotopic (exact) mass is 288 g/mol. The summed E-state index contributed by atoms with van der Waals surface area (Å²) in [6.07, 6.45) is 4.38. The SMILES string of the molecule is CCC(C)C(C(=O)NC1CCCC1CN)c1ccccc1. The van der Waals surface area contributed by atoms with E-state index in [0.717, 1.165) is 24.8 Å². The highest BCUT2D eigenvalue weighted by Gasteiger charge is 2.32. The van der Waals surface area contributed by atoms with Gasteiger partial charge in [0.05, 0.1) is 5.92 Å². The molecule has 0 aromatic heterocycles. The highest BCUT2D eigenvalue weighted by atomic mass is 16.2. The molecule has 3 N–H and O–H groups in total. The van der Waals surface area contributed by atoms with Gasteiger partial charge in [-0.1, -0.05) is 57.0 Å². The molecule has 1 aromatic rings. The highest BCUT2D eigenvalue weighted by molar-refractivity contribution is 5.84. The molecule has 21 heavy (non-hydrogen) atoms. The Morgan fingerprint density at radius 1 is 1.33 bits per heavy atom. The quantitative estimate of drug-likeness (QED) is 0.845. The summed E-state index contributed by atoms with van der Waals surface area (Å²) in [7, 11) is 0. The first kappa shape index (κ1) is 16.0. The van der Waals surface area contributed by atoms with Crippen molar-refractivity contribution >= 4 is 5.91 Å². The largest absolute Gasteiger partial charge is 0.353 e. The lowest BCUT2D eigenvalue weighted by atomic mass is 9.84. The molecule has 3 heteroatoms. The summed E-state index contributed by atoms with van der Waals surface area (Å²) >= 11 is 0. The number of hydrogen-bond donors (Lipinski definition) is 2. The van der Waals surface area contributed by atoms with Crippen LogP contribution in [-0.4, -0.2) is 18.5 Å². The Morgan fingerprint density at radius 3 is 2.67 bits per heavy atom. The molecule has 3 nitrogen and oxygen atoms in total. The fourth-order valence-electron chi connectivity index (χ4n) is 3.42. The first-order chi connectivity index (χ1) is 10.2. The van der Waals surface area contributed by atoms with Gasteiger partial charge in [0.25, 0.3) is 0 Å². The van der Waals surface area contributed by atoms with Crippen LogP contribution in [0, 0.1) is 11.8 Å². The van der Waals surface area contributed by atoms with Gasteiger partial charge in [0.15, 0.2) is 0 Å². The third-order valence-corrected chi connectivity index (χ3v) is 4.94. The standard InChI is InChI=1S/C18H28N2O/c1-3-13(2)17(14-8-5-4-6-9-14)18(21)20-16-11-7-10-15(16)12-19/h4-6,8-9,13,15-17H,3,7,10-12,19H2,1-2H3,(H,20,21). The molecule has 4 atom stereocenters. The second-order valence-corrected chi connectivity index (χ2v) is 6.32. The summed E-state index contributed by atoms with van der Waals surface area (Å²) in [6.45, 7) is 4.97. The van der Waals surface area contributed by atoms with Gasteiger partial charge in [-0.25, -0.2) is 0 Å². The molecule has 0 aliphatic heterocycles. The van der Waals surface area contributed by atoms with E-state index in [9.17, 15) is 4.79 Å². The van der Waals surface area contributed by atoms with E-state index in [1.54, 1.807) is 0 Å². The van der Waals surface area contributed by atoms with Crippen LogP contribution in [-0.2, 0) is 4.79 Å². The van der Waals surface area contributed by atoms with Crippen LogP contribution in [0.15, 0.2) is 30.3 Å². The van der Waals surface area contributed by atoms with E-state index < -0.39 is 0 Å². The van der Waals surface area contributed by atoms with Gasteiger partial charge in [-0.3, -0.25) is 4.79 Å². The topological polar surface area (TPSA) is 55.1 Å². The lowest BCUT2D eigenvalue weighted by molar-refractivity contribution is -0.124. The zero-order valence-electron chi connectivity index (χ0n) is 13.2. The van der Waals surface area contributed by atoms with E-state index in [1.165, 1.54) is 6.42 Å². The first-order valence-corrected chi connectivity index (χ1v) is 8.22. The molecule has 116 valence electrons. The normalized spacial score (nSPS) is 24.5. The van der Waals surface area contributed by atoms with Gasteiger partial charge >= 0.3 is 0 Å². The Kier molecular flexibility index (Phi) is 5.80. The maximum absolute atomic E-state index is 12.8. The predicted octanol–water partition coefficient (Wildman–Crippen LogP) is 3.06. The van der Waals surface area contributed by atoms with E-state index >= 15 is 0 Å². The molecular weight excluding hydrogens is 260 g/mol. The minimum Gasteiger partial charge on any atom is -0.353 e. The molecule has 2 rings (SSSR count). The number of hydrogen-bond acceptors (Lipinski definition) is 2. The minimum atomic E-state index is -0.0600. The summed E-state index contributed by atoms with van der Waals surface area (Å²) in [5, 5.41) is 3.27. The van der Waals surface area contributed by atoms with Crippen LogP contribution >= 0.6 is 0 Å². The minimum absolute atomic E-state index is 0.0600. The van der Waals surface area contributed by atoms with Crippen molar-refractivity contribution in [3.8, 4) is 0 Å². The van der Waals surface area contributed by atoms with E-state index in [0.29, 0.717) is 18.4 Å². The molecule has 1 aromatic carbocycles. The van der Waals surface area contributed by atoms with Crippen LogP contribution < -0.4 is 11.1 Å². The van der Waals surface area contributed by atoms with Gasteiger partial charge in [-0.05, 0) is 36.8 Å². The number of carbonyl (C=O) groups excluding carboxylic acids is 1. The number of nitrogens with one attached hydrogen (secondary N) is 1. The number of rotatable bonds is 6. The second kappa shape index (κ2) is 7.60. The molecule has 0 saturated heterocycles. The van der Waals surface area contributed by atoms with Crippen molar-refractivity contribution in [1.29, 1.82) is 0 Å². The van der Waals surface area contributed by atoms with Gasteiger partial charge in [-0.15, -0.1) is 0 Å². The molecule has 1 saturated carbocycles. The molecule has 1 amide bonds. The Hall–Kier alpha value is -1.35. The number of amides is 1. The molecule has 0 bridgehead atoms. The van der Waals surface area contributed by atoms with Crippen LogP contribution in [0.1, 0.15) is 51.0 Å². The maximum Gasteiger partial charge on any atom is 0.228 e. The summed E-state index contributed by atoms with van der Waals surface area (Å²) in [4.78, 5) is 12.8. The first-order valence-electron chi connectivity index (χ1n) is 8.22. The second-order valence-electron chi connectivity index (χ2n) is 6.32. The van der Waals surface area contributed by atoms with Crippen LogP contribution in [0.4, 0.5) is 0 Å². The van der Waals surface area contributed by atoms with E-state index in [2.05, 4.69) is 31.3 Å². The van der Waals surface area contributed by atoms with E-state index in [4.69, 9.17) is 5.73 Å². The van der Waals surface area contributed by atoms with Gasteiger partial charge in [0.2, 0.25) is 5.91 Å². The number of nitrogens with two attached hydrogens (primary N) is 1. The lowest BCUT2D eigenvalue weighted by Gasteiger charge is -2.27. The Bertz CT molecular complexity index is 446. The van der Waals surface area contributed by atoms with Crippen molar-refractivity contribution < 1.29 is 4.79 Å². The van der Waals surface area contributed by atoms with Crippen LogP contribution in [0.5, 0.6) is 0 Å². The van der Waals surface area contributed by atoms with Crippen molar-refractivity contribution in [1.82, 2.24) is 5.32 Å². The zero-order chi connectivity index (χ0) is 15.2. The van der Waals surface area contributed by atoms with E-state index in [1.807, 2.05) is 18.2 Å². The molecule has 0 radical (unpaired) electrons. The summed E-state index contributed by atoms with van der Waals surface area (Å²) in [5.74, 6) is 0.892. The third-order valence-electron chi connectivity index (χ3n) is 4.94. The van der Waals surface area contributed by atoms with Gasteiger partial charge in [0, 0.05) is 6.04 Å². The Morgan fingerprint density at radius 2 is 2.05 bits per heavy atom. The predicted molar refractivity (Wildman–Crippen MR) is 87.0 cm³/mol. The fraction of sp³-hybridized carbons (Fsp3) is 0.611. The van der Waals surface area contributed by atoms with Crippen molar-refractivity contribution in [2.45, 2.75) is 51.5 Å². The van der Waals surface area contributed by atoms with Crippen LogP contribution in [0.3, 0.4) is 0 Å². The molecule has 1 aliphatic rings. The Labute approximate surface area is 128 Å². The summed E-state index contributed by atoms with van der Waals surface area (Å²) in [5.41, 5.74) is 6.94. The van der Waals surface area contributed by atoms with Crippen molar-refractivity contribution in [2.24, 2.45) is 17.6 Å². The fourth-order valence-corrected chi connectivity index (χ4v) is 3.42. The van der Waals surface area contributed by atoms with Crippen LogP contribution in [0.25, 0.3) is 0 Å². The van der Waals surface area contributed by atoms with Gasteiger partial charge < -0.3 is 11.1 Å². The molecular formula is C18H28N2O. The number of benzene rings is 1. The van der Waals surface area contributed by atoms with Gasteiger partial charge in [0.1, 0.15) is 0 Å².